The zero-order valence-electron chi connectivity index (χ0n) is 12.2. The van der Waals surface area contributed by atoms with Crippen molar-refractivity contribution in [2.75, 3.05) is 6.61 Å². The standard InChI is InChI=1S/C16H21F3O2/c1-3-13(12(2)20)7-4-5-10-21-15-9-6-8-14(11-15)16(17,18)19/h4,6-9,11-13,20H,3,5,10H2,1-2H3/b7-4+/t12-,13?/m1/s1. The molecular formula is C16H21F3O2. The third kappa shape index (κ3) is 6.21. The first-order valence-corrected chi connectivity index (χ1v) is 6.99. The van der Waals surface area contributed by atoms with Crippen LogP contribution in [0.2, 0.25) is 0 Å². The van der Waals surface area contributed by atoms with Crippen molar-refractivity contribution in [2.24, 2.45) is 5.92 Å². The molecule has 0 fully saturated rings. The quantitative estimate of drug-likeness (QED) is 0.596. The van der Waals surface area contributed by atoms with E-state index in [1.54, 1.807) is 6.92 Å². The molecule has 0 aliphatic carbocycles. The van der Waals surface area contributed by atoms with Crippen LogP contribution in [-0.4, -0.2) is 17.8 Å². The molecule has 1 unspecified atom stereocenters. The van der Waals surface area contributed by atoms with E-state index in [1.165, 1.54) is 12.1 Å². The second kappa shape index (κ2) is 8.08. The number of hydrogen-bond donors (Lipinski definition) is 1. The third-order valence-electron chi connectivity index (χ3n) is 3.19. The molecule has 2 atom stereocenters. The van der Waals surface area contributed by atoms with Gasteiger partial charge in [-0.15, -0.1) is 0 Å². The van der Waals surface area contributed by atoms with Gasteiger partial charge in [0.2, 0.25) is 0 Å². The van der Waals surface area contributed by atoms with Crippen molar-refractivity contribution in [3.8, 4) is 5.75 Å². The minimum absolute atomic E-state index is 0.0959. The summed E-state index contributed by atoms with van der Waals surface area (Å²) >= 11 is 0. The van der Waals surface area contributed by atoms with Gasteiger partial charge in [0.05, 0.1) is 18.3 Å². The molecule has 2 nitrogen and oxygen atoms in total. The van der Waals surface area contributed by atoms with E-state index in [4.69, 9.17) is 4.74 Å². The molecule has 0 saturated carbocycles. The third-order valence-corrected chi connectivity index (χ3v) is 3.19. The van der Waals surface area contributed by atoms with E-state index in [2.05, 4.69) is 0 Å². The fraction of sp³-hybridized carbons (Fsp3) is 0.500. The molecule has 0 spiro atoms. The molecule has 1 aromatic carbocycles. The highest BCUT2D eigenvalue weighted by Crippen LogP contribution is 2.31. The average molecular weight is 302 g/mol. The van der Waals surface area contributed by atoms with E-state index in [1.807, 2.05) is 19.1 Å². The van der Waals surface area contributed by atoms with Crippen molar-refractivity contribution in [3.05, 3.63) is 42.0 Å². The molecule has 1 N–H and O–H groups in total. The highest BCUT2D eigenvalue weighted by Gasteiger charge is 2.30. The fourth-order valence-electron chi connectivity index (χ4n) is 1.92. The Bertz CT molecular complexity index is 453. The summed E-state index contributed by atoms with van der Waals surface area (Å²) in [6.07, 6.45) is 0.456. The number of aliphatic hydroxyl groups excluding tert-OH is 1. The minimum Gasteiger partial charge on any atom is -0.493 e. The first-order chi connectivity index (χ1) is 9.84. The summed E-state index contributed by atoms with van der Waals surface area (Å²) in [6.45, 7) is 4.02. The molecule has 0 bridgehead atoms. The molecule has 21 heavy (non-hydrogen) atoms. The topological polar surface area (TPSA) is 29.5 Å². The molecule has 1 rings (SSSR count). The molecule has 0 aliphatic rings. The predicted molar refractivity (Wildman–Crippen MR) is 76.2 cm³/mol. The summed E-state index contributed by atoms with van der Waals surface area (Å²) in [5, 5.41) is 9.46. The van der Waals surface area contributed by atoms with Crippen LogP contribution in [0.25, 0.3) is 0 Å². The van der Waals surface area contributed by atoms with Crippen molar-refractivity contribution in [1.29, 1.82) is 0 Å². The zero-order valence-corrected chi connectivity index (χ0v) is 12.2. The fourth-order valence-corrected chi connectivity index (χ4v) is 1.92. The number of benzene rings is 1. The first-order valence-electron chi connectivity index (χ1n) is 6.99. The molecule has 0 aliphatic heterocycles. The van der Waals surface area contributed by atoms with Gasteiger partial charge in [0.25, 0.3) is 0 Å². The Morgan fingerprint density at radius 2 is 2.05 bits per heavy atom. The van der Waals surface area contributed by atoms with E-state index in [0.717, 1.165) is 18.6 Å². The van der Waals surface area contributed by atoms with Gasteiger partial charge in [-0.05, 0) is 38.0 Å². The zero-order chi connectivity index (χ0) is 15.9. The molecule has 1 aromatic rings. The molecule has 0 radical (unpaired) electrons. The lowest BCUT2D eigenvalue weighted by molar-refractivity contribution is -0.137. The van der Waals surface area contributed by atoms with Crippen molar-refractivity contribution < 1.29 is 23.0 Å². The van der Waals surface area contributed by atoms with E-state index in [0.29, 0.717) is 13.0 Å². The summed E-state index contributed by atoms with van der Waals surface area (Å²) < 4.78 is 42.9. The van der Waals surface area contributed by atoms with E-state index < -0.39 is 17.8 Å². The Balaban J connectivity index is 2.45. The number of ether oxygens (including phenoxy) is 1. The largest absolute Gasteiger partial charge is 0.493 e. The van der Waals surface area contributed by atoms with Gasteiger partial charge in [-0.3, -0.25) is 0 Å². The summed E-state index contributed by atoms with van der Waals surface area (Å²) in [5.74, 6) is 0.305. The van der Waals surface area contributed by atoms with Crippen LogP contribution in [0.1, 0.15) is 32.3 Å². The normalized spacial score (nSPS) is 15.1. The summed E-state index contributed by atoms with van der Waals surface area (Å²) in [6, 6.07) is 4.84. The first kappa shape index (κ1) is 17.6. The minimum atomic E-state index is -4.36. The van der Waals surface area contributed by atoms with Crippen molar-refractivity contribution >= 4 is 0 Å². The maximum atomic E-state index is 12.5. The van der Waals surface area contributed by atoms with E-state index >= 15 is 0 Å². The number of alkyl halides is 3. The highest BCUT2D eigenvalue weighted by molar-refractivity contribution is 5.30. The van der Waals surface area contributed by atoms with Gasteiger partial charge in [-0.2, -0.15) is 13.2 Å². The van der Waals surface area contributed by atoms with Crippen LogP contribution in [0.3, 0.4) is 0 Å². The maximum absolute atomic E-state index is 12.5. The molecule has 118 valence electrons. The summed E-state index contributed by atoms with van der Waals surface area (Å²) in [4.78, 5) is 0. The van der Waals surface area contributed by atoms with Crippen molar-refractivity contribution in [2.45, 2.75) is 39.0 Å². The number of halogens is 3. The van der Waals surface area contributed by atoms with Gasteiger partial charge in [0.15, 0.2) is 0 Å². The van der Waals surface area contributed by atoms with Crippen LogP contribution in [0.15, 0.2) is 36.4 Å². The number of hydrogen-bond acceptors (Lipinski definition) is 2. The van der Waals surface area contributed by atoms with Crippen molar-refractivity contribution in [1.82, 2.24) is 0 Å². The molecule has 5 heteroatoms. The van der Waals surface area contributed by atoms with Crippen LogP contribution in [0.4, 0.5) is 13.2 Å². The monoisotopic (exact) mass is 302 g/mol. The Labute approximate surface area is 123 Å². The van der Waals surface area contributed by atoms with Gasteiger partial charge < -0.3 is 9.84 Å². The summed E-state index contributed by atoms with van der Waals surface area (Å²) in [5.41, 5.74) is -0.712. The Kier molecular flexibility index (Phi) is 6.75. The number of aliphatic hydroxyl groups is 1. The van der Waals surface area contributed by atoms with Crippen LogP contribution in [-0.2, 0) is 6.18 Å². The van der Waals surface area contributed by atoms with Crippen LogP contribution < -0.4 is 4.74 Å². The molecular weight excluding hydrogens is 281 g/mol. The molecule has 0 heterocycles. The van der Waals surface area contributed by atoms with Crippen LogP contribution >= 0.6 is 0 Å². The van der Waals surface area contributed by atoms with Crippen LogP contribution in [0.5, 0.6) is 5.75 Å². The van der Waals surface area contributed by atoms with Crippen LogP contribution in [0, 0.1) is 5.92 Å². The Morgan fingerprint density at radius 3 is 2.62 bits per heavy atom. The molecule has 0 amide bonds. The second-order valence-electron chi connectivity index (χ2n) is 4.90. The van der Waals surface area contributed by atoms with E-state index in [9.17, 15) is 18.3 Å². The number of rotatable bonds is 7. The van der Waals surface area contributed by atoms with Gasteiger partial charge in [0, 0.05) is 5.92 Å². The van der Waals surface area contributed by atoms with Gasteiger partial charge >= 0.3 is 6.18 Å². The Hall–Kier alpha value is -1.49. The lowest BCUT2D eigenvalue weighted by Gasteiger charge is -2.13. The maximum Gasteiger partial charge on any atom is 0.416 e. The summed E-state index contributed by atoms with van der Waals surface area (Å²) in [7, 11) is 0. The molecule has 0 aromatic heterocycles. The average Bonchev–Trinajstić information content (AvgIpc) is 2.41. The van der Waals surface area contributed by atoms with E-state index in [-0.39, 0.29) is 11.7 Å². The van der Waals surface area contributed by atoms with Gasteiger partial charge in [-0.1, -0.05) is 25.1 Å². The molecule has 0 saturated heterocycles. The van der Waals surface area contributed by atoms with Gasteiger partial charge in [-0.25, -0.2) is 0 Å². The second-order valence-corrected chi connectivity index (χ2v) is 4.90. The highest BCUT2D eigenvalue weighted by atomic mass is 19.4. The SMILES string of the molecule is CCC(/C=C/CCOc1cccc(C(F)(F)F)c1)[C@@H](C)O. The van der Waals surface area contributed by atoms with Gasteiger partial charge in [0.1, 0.15) is 5.75 Å². The Morgan fingerprint density at radius 1 is 1.33 bits per heavy atom. The smallest absolute Gasteiger partial charge is 0.416 e. The lowest BCUT2D eigenvalue weighted by Crippen LogP contribution is -2.13. The predicted octanol–water partition coefficient (Wildman–Crippen LogP) is 4.44. The lowest BCUT2D eigenvalue weighted by atomic mass is 10.00. The van der Waals surface area contributed by atoms with Crippen molar-refractivity contribution in [3.63, 3.8) is 0 Å².